The number of amides is 1. The van der Waals surface area contributed by atoms with Crippen molar-refractivity contribution in [2.45, 2.75) is 386 Å². The molecule has 6 heteroatoms. The second kappa shape index (κ2) is 63.9. The van der Waals surface area contributed by atoms with Gasteiger partial charge in [0.1, 0.15) is 0 Å². The highest BCUT2D eigenvalue weighted by atomic mass is 16.5. The fraction of sp³-hybridized carbons (Fsp3) is 0.912. The molecular formula is C68H131NO5. The number of rotatable bonds is 63. The third-order valence-corrected chi connectivity index (χ3v) is 15.8. The molecule has 0 saturated carbocycles. The van der Waals surface area contributed by atoms with Gasteiger partial charge in [0.15, 0.2) is 0 Å². The number of esters is 1. The molecule has 1 amide bonds. The molecule has 0 aliphatic heterocycles. The predicted molar refractivity (Wildman–Crippen MR) is 324 cm³/mol. The maximum absolute atomic E-state index is 12.5. The molecule has 0 heterocycles. The highest BCUT2D eigenvalue weighted by Gasteiger charge is 2.20. The monoisotopic (exact) mass is 1040 g/mol. The van der Waals surface area contributed by atoms with E-state index in [2.05, 4.69) is 43.5 Å². The molecule has 3 N–H and O–H groups in total. The highest BCUT2D eigenvalue weighted by molar-refractivity contribution is 5.76. The van der Waals surface area contributed by atoms with Gasteiger partial charge in [-0.2, -0.15) is 0 Å². The van der Waals surface area contributed by atoms with Crippen LogP contribution in [0.2, 0.25) is 0 Å². The first-order chi connectivity index (χ1) is 36.5. The van der Waals surface area contributed by atoms with E-state index in [1.54, 1.807) is 0 Å². The van der Waals surface area contributed by atoms with E-state index >= 15 is 0 Å². The molecule has 0 bridgehead atoms. The predicted octanol–water partition coefficient (Wildman–Crippen LogP) is 21.4. The van der Waals surface area contributed by atoms with Crippen molar-refractivity contribution in [1.29, 1.82) is 0 Å². The van der Waals surface area contributed by atoms with Crippen LogP contribution >= 0.6 is 0 Å². The van der Waals surface area contributed by atoms with Gasteiger partial charge in [0.25, 0.3) is 0 Å². The lowest BCUT2D eigenvalue weighted by Gasteiger charge is -2.22. The van der Waals surface area contributed by atoms with Crippen LogP contribution in [-0.4, -0.2) is 47.4 Å². The summed E-state index contributed by atoms with van der Waals surface area (Å²) in [6, 6.07) is -0.546. The first kappa shape index (κ1) is 72.3. The van der Waals surface area contributed by atoms with Crippen molar-refractivity contribution < 1.29 is 24.5 Å². The van der Waals surface area contributed by atoms with Crippen LogP contribution in [0.3, 0.4) is 0 Å². The molecule has 0 aromatic rings. The fourth-order valence-corrected chi connectivity index (χ4v) is 10.7. The molecule has 438 valence electrons. The average Bonchev–Trinajstić information content (AvgIpc) is 3.40. The molecule has 0 rings (SSSR count). The minimum Gasteiger partial charge on any atom is -0.465 e. The second-order valence-electron chi connectivity index (χ2n) is 23.2. The summed E-state index contributed by atoms with van der Waals surface area (Å²) in [5.41, 5.74) is 0. The third kappa shape index (κ3) is 59.6. The van der Waals surface area contributed by atoms with E-state index in [1.807, 2.05) is 0 Å². The molecule has 0 aromatic heterocycles. The number of hydrogen-bond acceptors (Lipinski definition) is 5. The molecule has 2 unspecified atom stereocenters. The normalized spacial score (nSPS) is 12.6. The number of nitrogens with one attached hydrogen (secondary N) is 1. The number of allylic oxidation sites excluding steroid dienone is 3. The summed E-state index contributed by atoms with van der Waals surface area (Å²) in [6.07, 6.45) is 79.3. The average molecular weight is 1040 g/mol. The zero-order valence-electron chi connectivity index (χ0n) is 50.1. The van der Waals surface area contributed by atoms with Crippen LogP contribution in [0.15, 0.2) is 24.3 Å². The Hall–Kier alpha value is -1.66. The van der Waals surface area contributed by atoms with Crippen LogP contribution < -0.4 is 5.32 Å². The van der Waals surface area contributed by atoms with Gasteiger partial charge in [0, 0.05) is 12.8 Å². The van der Waals surface area contributed by atoms with Crippen molar-refractivity contribution in [3.05, 3.63) is 24.3 Å². The minimum absolute atomic E-state index is 0.0314. The van der Waals surface area contributed by atoms with Crippen molar-refractivity contribution in [3.8, 4) is 0 Å². The lowest BCUT2D eigenvalue weighted by Crippen LogP contribution is -2.45. The van der Waals surface area contributed by atoms with Gasteiger partial charge in [-0.05, 0) is 44.9 Å². The SMILES string of the molecule is CCCCCCCCCCCCCCCCCCCCCCCC(O)C(CO)NC(=O)CCCCCCCCCCCCCCCC/C=C\C/C=C\CCOC(=O)CCCCCCCCCCCCCCCCC. The number of hydrogen-bond donors (Lipinski definition) is 3. The molecule has 6 nitrogen and oxygen atoms in total. The standard InChI is InChI=1S/C68H131NO5/c1-3-5-7-9-11-13-15-17-19-20-21-23-26-29-33-36-40-44-48-52-56-60-66(71)65(64-70)69-67(72)61-57-53-49-45-41-37-34-30-27-24-22-25-28-31-35-39-43-47-51-55-59-63-74-68(73)62-58-54-50-46-42-38-32-18-16-14-12-10-8-6-4-2/h39,43,51,55,65-66,70-71H,3-38,40-42,44-50,52-54,56-64H2,1-2H3,(H,69,72)/b43-39-,55-51-. The van der Waals surface area contributed by atoms with Crippen molar-refractivity contribution in [2.24, 2.45) is 0 Å². The molecule has 0 saturated heterocycles. The summed E-state index contributed by atoms with van der Waals surface area (Å²) in [4.78, 5) is 24.6. The van der Waals surface area contributed by atoms with Crippen molar-refractivity contribution in [2.75, 3.05) is 13.2 Å². The zero-order chi connectivity index (χ0) is 53.6. The quantitative estimate of drug-likeness (QED) is 0.0320. The van der Waals surface area contributed by atoms with Crippen LogP contribution in [0.25, 0.3) is 0 Å². The van der Waals surface area contributed by atoms with Gasteiger partial charge in [-0.1, -0.05) is 340 Å². The lowest BCUT2D eigenvalue weighted by atomic mass is 10.0. The van der Waals surface area contributed by atoms with Crippen LogP contribution in [0.1, 0.15) is 373 Å². The Bertz CT molecular complexity index is 1150. The molecule has 0 radical (unpaired) electrons. The van der Waals surface area contributed by atoms with Gasteiger partial charge < -0.3 is 20.3 Å². The summed E-state index contributed by atoms with van der Waals surface area (Å²) in [6.45, 7) is 4.88. The van der Waals surface area contributed by atoms with Gasteiger partial charge in [-0.3, -0.25) is 9.59 Å². The Morgan fingerprint density at radius 3 is 1.03 bits per heavy atom. The number of unbranched alkanes of at least 4 members (excludes halogenated alkanes) is 48. The van der Waals surface area contributed by atoms with E-state index in [4.69, 9.17) is 4.74 Å². The molecule has 74 heavy (non-hydrogen) atoms. The first-order valence-corrected chi connectivity index (χ1v) is 33.6. The van der Waals surface area contributed by atoms with E-state index in [1.165, 1.54) is 289 Å². The number of carbonyl (C=O) groups is 2. The van der Waals surface area contributed by atoms with Gasteiger partial charge >= 0.3 is 5.97 Å². The second-order valence-corrected chi connectivity index (χ2v) is 23.2. The number of carbonyl (C=O) groups excluding carboxylic acids is 2. The number of ether oxygens (including phenoxy) is 1. The van der Waals surface area contributed by atoms with E-state index in [0.29, 0.717) is 25.9 Å². The summed E-state index contributed by atoms with van der Waals surface area (Å²) in [5.74, 6) is -0.0671. The maximum atomic E-state index is 12.5. The minimum atomic E-state index is -0.669. The molecule has 0 aromatic carbocycles. The van der Waals surface area contributed by atoms with Gasteiger partial charge in [-0.25, -0.2) is 0 Å². The van der Waals surface area contributed by atoms with Crippen molar-refractivity contribution in [1.82, 2.24) is 5.32 Å². The van der Waals surface area contributed by atoms with Crippen LogP contribution in [-0.2, 0) is 14.3 Å². The highest BCUT2D eigenvalue weighted by Crippen LogP contribution is 2.19. The van der Waals surface area contributed by atoms with Crippen molar-refractivity contribution >= 4 is 11.9 Å². The summed E-state index contributed by atoms with van der Waals surface area (Å²) in [7, 11) is 0. The molecule has 0 fully saturated rings. The maximum Gasteiger partial charge on any atom is 0.305 e. The van der Waals surface area contributed by atoms with E-state index in [9.17, 15) is 19.8 Å². The fourth-order valence-electron chi connectivity index (χ4n) is 10.7. The molecule has 0 spiro atoms. The summed E-state index contributed by atoms with van der Waals surface area (Å²) in [5, 5.41) is 23.4. The molecule has 0 aliphatic rings. The molecule has 0 aliphatic carbocycles. The van der Waals surface area contributed by atoms with Gasteiger partial charge in [0.05, 0.1) is 25.4 Å². The van der Waals surface area contributed by atoms with E-state index in [-0.39, 0.29) is 18.5 Å². The Labute approximate surface area is 462 Å². The van der Waals surface area contributed by atoms with Gasteiger partial charge in [-0.15, -0.1) is 0 Å². The van der Waals surface area contributed by atoms with E-state index < -0.39 is 12.1 Å². The van der Waals surface area contributed by atoms with Crippen LogP contribution in [0.4, 0.5) is 0 Å². The third-order valence-electron chi connectivity index (χ3n) is 15.8. The van der Waals surface area contributed by atoms with Crippen molar-refractivity contribution in [3.63, 3.8) is 0 Å². The van der Waals surface area contributed by atoms with E-state index in [0.717, 1.165) is 51.4 Å². The molecule has 2 atom stereocenters. The van der Waals surface area contributed by atoms with Gasteiger partial charge in [0.2, 0.25) is 5.91 Å². The van der Waals surface area contributed by atoms with Crippen LogP contribution in [0, 0.1) is 0 Å². The number of aliphatic hydroxyl groups is 2. The Morgan fingerprint density at radius 1 is 0.378 bits per heavy atom. The Kier molecular flexibility index (Phi) is 62.4. The van der Waals surface area contributed by atoms with Crippen LogP contribution in [0.5, 0.6) is 0 Å². The molecular weight excluding hydrogens is 911 g/mol. The topological polar surface area (TPSA) is 95.9 Å². The Balaban J connectivity index is 3.44. The largest absolute Gasteiger partial charge is 0.465 e. The summed E-state index contributed by atoms with van der Waals surface area (Å²) < 4.78 is 5.43. The smallest absolute Gasteiger partial charge is 0.305 e. The zero-order valence-corrected chi connectivity index (χ0v) is 50.1. The Morgan fingerprint density at radius 2 is 0.676 bits per heavy atom. The number of aliphatic hydroxyl groups excluding tert-OH is 2. The lowest BCUT2D eigenvalue weighted by molar-refractivity contribution is -0.143. The first-order valence-electron chi connectivity index (χ1n) is 33.6. The summed E-state index contributed by atoms with van der Waals surface area (Å²) >= 11 is 0.